The SMILES string of the molecule is C[C@]12CC/C(=N/OCC(=O)NCC(=O)N[C@@H](Cc3c[nH]c4ccccc34)C(=O)O)C[C@H]1CC[C@@H]1[C@@H]2CC[C@]2(C)[C@H](O)CC[C@@H]12. The van der Waals surface area contributed by atoms with E-state index >= 15 is 0 Å². The molecule has 4 saturated carbocycles. The largest absolute Gasteiger partial charge is 0.480 e. The molecule has 1 aromatic carbocycles. The number of carboxylic acid groups (broad SMARTS) is 1. The van der Waals surface area contributed by atoms with E-state index in [4.69, 9.17) is 4.84 Å². The molecule has 4 fully saturated rings. The zero-order chi connectivity index (χ0) is 31.1. The number of H-pyrrole nitrogens is 1. The maximum Gasteiger partial charge on any atom is 0.326 e. The highest BCUT2D eigenvalue weighted by Gasteiger charge is 2.59. The van der Waals surface area contributed by atoms with Crippen molar-refractivity contribution in [1.82, 2.24) is 15.6 Å². The van der Waals surface area contributed by atoms with Crippen LogP contribution in [0.5, 0.6) is 0 Å². The van der Waals surface area contributed by atoms with Crippen LogP contribution in [-0.4, -0.2) is 64.0 Å². The monoisotopic (exact) mass is 606 g/mol. The van der Waals surface area contributed by atoms with Crippen molar-refractivity contribution < 1.29 is 29.4 Å². The van der Waals surface area contributed by atoms with Crippen LogP contribution < -0.4 is 10.6 Å². The highest BCUT2D eigenvalue weighted by atomic mass is 16.6. The van der Waals surface area contributed by atoms with Crippen LogP contribution >= 0.6 is 0 Å². The quantitative estimate of drug-likeness (QED) is 0.270. The van der Waals surface area contributed by atoms with E-state index in [0.717, 1.165) is 60.7 Å². The predicted molar refractivity (Wildman–Crippen MR) is 166 cm³/mol. The summed E-state index contributed by atoms with van der Waals surface area (Å²) >= 11 is 0. The summed E-state index contributed by atoms with van der Waals surface area (Å²) in [7, 11) is 0. The normalized spacial score (nSPS) is 34.4. The first-order valence-corrected chi connectivity index (χ1v) is 16.3. The molecule has 4 aliphatic rings. The number of carbonyl (C=O) groups excluding carboxylic acids is 2. The molecule has 2 amide bonds. The number of amides is 2. The number of benzene rings is 1. The van der Waals surface area contributed by atoms with Crippen LogP contribution in [0.3, 0.4) is 0 Å². The van der Waals surface area contributed by atoms with Gasteiger partial charge in [0.15, 0.2) is 6.61 Å². The maximum absolute atomic E-state index is 12.5. The van der Waals surface area contributed by atoms with Gasteiger partial charge < -0.3 is 30.7 Å². The number of nitrogens with zero attached hydrogens (tertiary/aromatic N) is 1. The third-order valence-corrected chi connectivity index (χ3v) is 12.0. The van der Waals surface area contributed by atoms with E-state index in [2.05, 4.69) is 34.6 Å². The van der Waals surface area contributed by atoms with Crippen molar-refractivity contribution in [2.24, 2.45) is 39.7 Å². The van der Waals surface area contributed by atoms with Crippen LogP contribution in [0.25, 0.3) is 10.9 Å². The van der Waals surface area contributed by atoms with Crippen LogP contribution in [-0.2, 0) is 25.6 Å². The third-order valence-electron chi connectivity index (χ3n) is 12.0. The molecule has 0 radical (unpaired) electrons. The molecular weight excluding hydrogens is 560 g/mol. The summed E-state index contributed by atoms with van der Waals surface area (Å²) in [6.45, 7) is 4.15. The molecule has 1 heterocycles. The van der Waals surface area contributed by atoms with Crippen molar-refractivity contribution in [1.29, 1.82) is 0 Å². The van der Waals surface area contributed by atoms with Gasteiger partial charge in [0.25, 0.3) is 5.91 Å². The Morgan fingerprint density at radius 1 is 1.05 bits per heavy atom. The van der Waals surface area contributed by atoms with E-state index in [9.17, 15) is 24.6 Å². The predicted octanol–water partition coefficient (Wildman–Crippen LogP) is 4.17. The van der Waals surface area contributed by atoms with Gasteiger partial charge in [0.1, 0.15) is 6.04 Å². The van der Waals surface area contributed by atoms with E-state index in [1.807, 2.05) is 24.3 Å². The maximum atomic E-state index is 12.5. The minimum Gasteiger partial charge on any atom is -0.480 e. The minimum atomic E-state index is -1.15. The van der Waals surface area contributed by atoms with Gasteiger partial charge in [-0.05, 0) is 104 Å². The molecule has 0 saturated heterocycles. The van der Waals surface area contributed by atoms with Gasteiger partial charge in [0.2, 0.25) is 5.91 Å². The Balaban J connectivity index is 0.951. The van der Waals surface area contributed by atoms with E-state index in [0.29, 0.717) is 23.7 Å². The Morgan fingerprint density at radius 2 is 1.84 bits per heavy atom. The van der Waals surface area contributed by atoms with E-state index in [-0.39, 0.29) is 36.5 Å². The van der Waals surface area contributed by atoms with Gasteiger partial charge in [-0.3, -0.25) is 9.59 Å². The van der Waals surface area contributed by atoms with E-state index < -0.39 is 23.8 Å². The number of rotatable bonds is 9. The fourth-order valence-electron chi connectivity index (χ4n) is 9.49. The second-order valence-electron chi connectivity index (χ2n) is 14.2. The topological polar surface area (TPSA) is 153 Å². The van der Waals surface area contributed by atoms with Crippen molar-refractivity contribution in [3.05, 3.63) is 36.0 Å². The average molecular weight is 607 g/mol. The first-order valence-electron chi connectivity index (χ1n) is 16.3. The number of carbonyl (C=O) groups is 3. The van der Waals surface area contributed by atoms with Crippen LogP contribution in [0, 0.1) is 34.5 Å². The van der Waals surface area contributed by atoms with Crippen LogP contribution in [0.2, 0.25) is 0 Å². The first-order chi connectivity index (χ1) is 21.1. The molecule has 0 unspecified atom stereocenters. The molecule has 238 valence electrons. The summed E-state index contributed by atoms with van der Waals surface area (Å²) in [5.74, 6) is 0.383. The number of nitrogens with one attached hydrogen (secondary N) is 3. The van der Waals surface area contributed by atoms with Crippen LogP contribution in [0.15, 0.2) is 35.6 Å². The van der Waals surface area contributed by atoms with Crippen molar-refractivity contribution in [2.45, 2.75) is 90.2 Å². The Morgan fingerprint density at radius 3 is 2.66 bits per heavy atom. The van der Waals surface area contributed by atoms with Gasteiger partial charge in [0.05, 0.1) is 18.4 Å². The molecule has 2 aromatic rings. The summed E-state index contributed by atoms with van der Waals surface area (Å²) in [5, 5.41) is 30.6. The molecule has 0 spiro atoms. The molecule has 10 heteroatoms. The second-order valence-corrected chi connectivity index (χ2v) is 14.2. The van der Waals surface area contributed by atoms with Crippen molar-refractivity contribution in [3.63, 3.8) is 0 Å². The zero-order valence-corrected chi connectivity index (χ0v) is 25.8. The van der Waals surface area contributed by atoms with Crippen molar-refractivity contribution >= 4 is 34.4 Å². The van der Waals surface area contributed by atoms with Gasteiger partial charge >= 0.3 is 5.97 Å². The number of oxime groups is 1. The Hall–Kier alpha value is -3.40. The lowest BCUT2D eigenvalue weighted by Gasteiger charge is -2.60. The number of para-hydroxylation sites is 1. The number of fused-ring (bicyclic) bond motifs is 6. The molecule has 10 nitrogen and oxygen atoms in total. The molecule has 4 aliphatic carbocycles. The Labute approximate surface area is 258 Å². The molecule has 0 bridgehead atoms. The number of aromatic amines is 1. The van der Waals surface area contributed by atoms with Crippen molar-refractivity contribution in [3.8, 4) is 0 Å². The molecule has 1 aromatic heterocycles. The number of aliphatic hydroxyl groups excluding tert-OH is 1. The van der Waals surface area contributed by atoms with Gasteiger partial charge in [-0.1, -0.05) is 37.2 Å². The average Bonchev–Trinajstić information content (AvgIpc) is 3.55. The molecule has 5 N–H and O–H groups in total. The lowest BCUT2D eigenvalue weighted by atomic mass is 9.45. The molecule has 8 atom stereocenters. The summed E-state index contributed by atoms with van der Waals surface area (Å²) in [6, 6.07) is 6.44. The van der Waals surface area contributed by atoms with Crippen LogP contribution in [0.1, 0.15) is 77.2 Å². The number of carboxylic acids is 1. The number of aliphatic hydroxyl groups is 1. The summed E-state index contributed by atoms with van der Waals surface area (Å²) < 4.78 is 0. The van der Waals surface area contributed by atoms with Gasteiger partial charge in [-0.25, -0.2) is 4.79 Å². The lowest BCUT2D eigenvalue weighted by Crippen LogP contribution is -2.54. The molecule has 6 rings (SSSR count). The fourth-order valence-corrected chi connectivity index (χ4v) is 9.49. The van der Waals surface area contributed by atoms with Gasteiger partial charge in [-0.2, -0.15) is 0 Å². The molecular formula is C34H46N4O6. The second kappa shape index (κ2) is 12.2. The fraction of sp³-hybridized carbons (Fsp3) is 0.647. The summed E-state index contributed by atoms with van der Waals surface area (Å²) in [5.41, 5.74) is 3.05. The molecule has 44 heavy (non-hydrogen) atoms. The van der Waals surface area contributed by atoms with E-state index in [1.54, 1.807) is 6.20 Å². The number of aromatic nitrogens is 1. The van der Waals surface area contributed by atoms with Crippen molar-refractivity contribution in [2.75, 3.05) is 13.2 Å². The smallest absolute Gasteiger partial charge is 0.326 e. The Kier molecular flexibility index (Phi) is 8.48. The summed E-state index contributed by atoms with van der Waals surface area (Å²) in [6.07, 6.45) is 11.4. The summed E-state index contributed by atoms with van der Waals surface area (Å²) in [4.78, 5) is 45.2. The van der Waals surface area contributed by atoms with Gasteiger partial charge in [-0.15, -0.1) is 0 Å². The number of hydrogen-bond donors (Lipinski definition) is 5. The van der Waals surface area contributed by atoms with E-state index in [1.165, 1.54) is 19.3 Å². The number of hydrogen-bond acceptors (Lipinski definition) is 6. The zero-order valence-electron chi connectivity index (χ0n) is 25.8. The number of aliphatic carboxylic acids is 1. The Bertz CT molecular complexity index is 1440. The third kappa shape index (κ3) is 5.73. The van der Waals surface area contributed by atoms with Gasteiger partial charge in [0, 0.05) is 23.5 Å². The first kappa shape index (κ1) is 30.6. The highest BCUT2D eigenvalue weighted by Crippen LogP contribution is 2.66. The molecule has 0 aliphatic heterocycles. The minimum absolute atomic E-state index is 0.0939. The standard InChI is InChI=1S/C34H46N4O6/c1-33-13-11-22(16-21(33)7-8-24-25-9-10-29(39)34(25,2)14-12-26(24)33)38-44-19-31(41)36-18-30(40)37-28(32(42)43)15-20-17-35-27-6-4-3-5-23(20)27/h3-6,17,21,24-26,28-29,35,39H,7-16,18-19H2,1-2H3,(H,36,41)(H,37,40)(H,42,43)/b38-22-/t21-,24+,25+,26+,28+,29-,33+,34+/m1/s1. The lowest BCUT2D eigenvalue weighted by molar-refractivity contribution is -0.141. The van der Waals surface area contributed by atoms with Crippen LogP contribution in [0.4, 0.5) is 0 Å². The highest BCUT2D eigenvalue weighted by molar-refractivity contribution is 5.89.